The highest BCUT2D eigenvalue weighted by atomic mass is 16.5. The van der Waals surface area contributed by atoms with Crippen molar-refractivity contribution >= 4 is 0 Å². The second-order valence-electron chi connectivity index (χ2n) is 3.44. The summed E-state index contributed by atoms with van der Waals surface area (Å²) in [6.07, 6.45) is 1.77. The third-order valence-electron chi connectivity index (χ3n) is 2.47. The minimum absolute atomic E-state index is 0.774. The Labute approximate surface area is 94.4 Å². The molecule has 0 unspecified atom stereocenters. The third-order valence-corrected chi connectivity index (χ3v) is 2.47. The molecule has 1 aromatic carbocycles. The van der Waals surface area contributed by atoms with Crippen LogP contribution in [0.1, 0.15) is 0 Å². The smallest absolute Gasteiger partial charge is 0.123 e. The molecule has 2 rings (SSSR count). The van der Waals surface area contributed by atoms with Gasteiger partial charge >= 0.3 is 0 Å². The molecular formula is C12H14N2O2. The van der Waals surface area contributed by atoms with Crippen molar-refractivity contribution in [2.45, 2.75) is 0 Å². The van der Waals surface area contributed by atoms with E-state index in [1.54, 1.807) is 20.4 Å². The van der Waals surface area contributed by atoms with E-state index in [1.807, 2.05) is 36.0 Å². The topological polar surface area (TPSA) is 36.3 Å². The molecule has 16 heavy (non-hydrogen) atoms. The zero-order valence-corrected chi connectivity index (χ0v) is 9.60. The molecule has 0 atom stereocenters. The van der Waals surface area contributed by atoms with Gasteiger partial charge in [0.25, 0.3) is 0 Å². The molecular weight excluding hydrogens is 204 g/mol. The summed E-state index contributed by atoms with van der Waals surface area (Å²) in [6, 6.07) is 7.72. The molecule has 0 spiro atoms. The average molecular weight is 218 g/mol. The number of benzene rings is 1. The predicted octanol–water partition coefficient (Wildman–Crippen LogP) is 2.10. The molecule has 0 saturated carbocycles. The molecule has 2 aromatic rings. The fourth-order valence-electron chi connectivity index (χ4n) is 1.61. The van der Waals surface area contributed by atoms with Crippen LogP contribution in [0.3, 0.4) is 0 Å². The zero-order valence-electron chi connectivity index (χ0n) is 9.60. The Morgan fingerprint density at radius 2 is 1.69 bits per heavy atom. The van der Waals surface area contributed by atoms with Crippen LogP contribution in [-0.2, 0) is 7.05 Å². The maximum atomic E-state index is 5.23. The predicted molar refractivity (Wildman–Crippen MR) is 61.7 cm³/mol. The quantitative estimate of drug-likeness (QED) is 0.791. The normalized spacial score (nSPS) is 10.2. The van der Waals surface area contributed by atoms with Gasteiger partial charge in [0.1, 0.15) is 11.5 Å². The van der Waals surface area contributed by atoms with Crippen LogP contribution in [0.4, 0.5) is 0 Å². The fourth-order valence-corrected chi connectivity index (χ4v) is 1.61. The van der Waals surface area contributed by atoms with Crippen molar-refractivity contribution in [2.24, 2.45) is 7.05 Å². The largest absolute Gasteiger partial charge is 0.497 e. The first-order valence-electron chi connectivity index (χ1n) is 4.96. The Balaban J connectivity index is 2.52. The molecule has 1 aromatic heterocycles. The van der Waals surface area contributed by atoms with E-state index in [2.05, 4.69) is 5.10 Å². The number of methoxy groups -OCH3 is 2. The first kappa shape index (κ1) is 10.5. The number of rotatable bonds is 3. The monoisotopic (exact) mass is 218 g/mol. The summed E-state index contributed by atoms with van der Waals surface area (Å²) in [5, 5.41) is 4.14. The molecule has 0 bridgehead atoms. The van der Waals surface area contributed by atoms with Gasteiger partial charge in [0.15, 0.2) is 0 Å². The lowest BCUT2D eigenvalue weighted by molar-refractivity contribution is 0.394. The number of nitrogens with zero attached hydrogens (tertiary/aromatic N) is 2. The van der Waals surface area contributed by atoms with Crippen LogP contribution in [-0.4, -0.2) is 24.0 Å². The summed E-state index contributed by atoms with van der Waals surface area (Å²) in [5.74, 6) is 1.55. The van der Waals surface area contributed by atoms with Gasteiger partial charge in [-0.05, 0) is 18.2 Å². The van der Waals surface area contributed by atoms with Gasteiger partial charge < -0.3 is 9.47 Å². The van der Waals surface area contributed by atoms with E-state index < -0.39 is 0 Å². The number of aryl methyl sites for hydroxylation is 1. The Kier molecular flexibility index (Phi) is 2.81. The molecule has 0 radical (unpaired) electrons. The molecule has 1 heterocycles. The van der Waals surface area contributed by atoms with Gasteiger partial charge in [0, 0.05) is 24.9 Å². The minimum atomic E-state index is 0.774. The van der Waals surface area contributed by atoms with Crippen molar-refractivity contribution in [2.75, 3.05) is 14.2 Å². The molecule has 84 valence electrons. The van der Waals surface area contributed by atoms with E-state index in [9.17, 15) is 0 Å². The van der Waals surface area contributed by atoms with Gasteiger partial charge in [0.05, 0.1) is 19.9 Å². The lowest BCUT2D eigenvalue weighted by Gasteiger charge is -2.08. The first-order valence-corrected chi connectivity index (χ1v) is 4.96. The molecule has 4 heteroatoms. The minimum Gasteiger partial charge on any atom is -0.497 e. The van der Waals surface area contributed by atoms with Crippen LogP contribution in [0.5, 0.6) is 11.5 Å². The SMILES string of the molecule is COc1cc(OC)cc(-c2ccnn2C)c1. The Morgan fingerprint density at radius 1 is 1.06 bits per heavy atom. The molecule has 0 amide bonds. The van der Waals surface area contributed by atoms with Crippen molar-refractivity contribution in [3.8, 4) is 22.8 Å². The highest BCUT2D eigenvalue weighted by Crippen LogP contribution is 2.29. The number of hydrogen-bond acceptors (Lipinski definition) is 3. The van der Waals surface area contributed by atoms with E-state index in [0.29, 0.717) is 0 Å². The van der Waals surface area contributed by atoms with Crippen LogP contribution in [0, 0.1) is 0 Å². The Hall–Kier alpha value is -1.97. The van der Waals surface area contributed by atoms with Crippen LogP contribution in [0.25, 0.3) is 11.3 Å². The van der Waals surface area contributed by atoms with Crippen molar-refractivity contribution in [3.05, 3.63) is 30.5 Å². The van der Waals surface area contributed by atoms with Crippen LogP contribution >= 0.6 is 0 Å². The van der Waals surface area contributed by atoms with Gasteiger partial charge in [-0.25, -0.2) is 0 Å². The third kappa shape index (κ3) is 1.86. The summed E-state index contributed by atoms with van der Waals surface area (Å²) >= 11 is 0. The first-order chi connectivity index (χ1) is 7.74. The number of ether oxygens (including phenoxy) is 2. The molecule has 0 aliphatic rings. The lowest BCUT2D eigenvalue weighted by atomic mass is 10.1. The summed E-state index contributed by atoms with van der Waals surface area (Å²) in [4.78, 5) is 0. The van der Waals surface area contributed by atoms with E-state index >= 15 is 0 Å². The Bertz CT molecular complexity index is 469. The second-order valence-corrected chi connectivity index (χ2v) is 3.44. The lowest BCUT2D eigenvalue weighted by Crippen LogP contribution is -1.95. The molecule has 4 nitrogen and oxygen atoms in total. The van der Waals surface area contributed by atoms with E-state index in [0.717, 1.165) is 22.8 Å². The number of aromatic nitrogens is 2. The maximum absolute atomic E-state index is 5.23. The maximum Gasteiger partial charge on any atom is 0.123 e. The number of hydrogen-bond donors (Lipinski definition) is 0. The Morgan fingerprint density at radius 3 is 2.12 bits per heavy atom. The molecule has 0 fully saturated rings. The summed E-state index contributed by atoms with van der Waals surface area (Å²) < 4.78 is 12.3. The van der Waals surface area contributed by atoms with Gasteiger partial charge in [-0.3, -0.25) is 4.68 Å². The van der Waals surface area contributed by atoms with Crippen LogP contribution in [0.2, 0.25) is 0 Å². The molecule has 0 N–H and O–H groups in total. The summed E-state index contributed by atoms with van der Waals surface area (Å²) in [7, 11) is 5.19. The average Bonchev–Trinajstić information content (AvgIpc) is 2.74. The van der Waals surface area contributed by atoms with E-state index in [-0.39, 0.29) is 0 Å². The molecule has 0 aliphatic heterocycles. The van der Waals surface area contributed by atoms with Crippen molar-refractivity contribution in [1.29, 1.82) is 0 Å². The van der Waals surface area contributed by atoms with E-state index in [1.165, 1.54) is 0 Å². The highest BCUT2D eigenvalue weighted by Gasteiger charge is 2.06. The second kappa shape index (κ2) is 4.26. The zero-order chi connectivity index (χ0) is 11.5. The van der Waals surface area contributed by atoms with Crippen LogP contribution < -0.4 is 9.47 Å². The van der Waals surface area contributed by atoms with Gasteiger partial charge in [0.2, 0.25) is 0 Å². The van der Waals surface area contributed by atoms with E-state index in [4.69, 9.17) is 9.47 Å². The summed E-state index contributed by atoms with van der Waals surface area (Å²) in [5.41, 5.74) is 2.05. The van der Waals surface area contributed by atoms with Gasteiger partial charge in [-0.1, -0.05) is 0 Å². The van der Waals surface area contributed by atoms with Crippen molar-refractivity contribution < 1.29 is 9.47 Å². The van der Waals surface area contributed by atoms with Gasteiger partial charge in [-0.2, -0.15) is 5.10 Å². The standard InChI is InChI=1S/C12H14N2O2/c1-14-12(4-5-13-14)9-6-10(15-2)8-11(7-9)16-3/h4-8H,1-3H3. The molecule has 0 aliphatic carbocycles. The highest BCUT2D eigenvalue weighted by molar-refractivity contribution is 5.64. The van der Waals surface area contributed by atoms with Crippen molar-refractivity contribution in [1.82, 2.24) is 9.78 Å². The van der Waals surface area contributed by atoms with Crippen molar-refractivity contribution in [3.63, 3.8) is 0 Å². The summed E-state index contributed by atoms with van der Waals surface area (Å²) in [6.45, 7) is 0. The fraction of sp³-hybridized carbons (Fsp3) is 0.250. The van der Waals surface area contributed by atoms with Gasteiger partial charge in [-0.15, -0.1) is 0 Å². The van der Waals surface area contributed by atoms with Crippen LogP contribution in [0.15, 0.2) is 30.5 Å². The molecule has 0 saturated heterocycles.